The molecule has 0 aromatic heterocycles. The van der Waals surface area contributed by atoms with Gasteiger partial charge in [-0.2, -0.15) is 0 Å². The Morgan fingerprint density at radius 2 is 2.14 bits per heavy atom. The minimum Gasteiger partial charge on any atom is -0.492 e. The van der Waals surface area contributed by atoms with E-state index in [9.17, 15) is 0 Å². The van der Waals surface area contributed by atoms with Gasteiger partial charge in [0.25, 0.3) is 0 Å². The van der Waals surface area contributed by atoms with Gasteiger partial charge in [0.05, 0.1) is 12.3 Å². The van der Waals surface area contributed by atoms with Crippen LogP contribution in [0.3, 0.4) is 0 Å². The molecular formula is C17H29N3O. The molecule has 4 heteroatoms. The SMILES string of the molecule is CCCNCc1ccc(N2CCCNCC2)c(OCC)c1. The molecule has 0 bridgehead atoms. The molecule has 0 spiro atoms. The third-order valence-corrected chi connectivity index (χ3v) is 3.76. The Hall–Kier alpha value is -1.26. The van der Waals surface area contributed by atoms with E-state index in [1.54, 1.807) is 0 Å². The second-order valence-electron chi connectivity index (χ2n) is 5.50. The molecule has 1 heterocycles. The highest BCUT2D eigenvalue weighted by molar-refractivity contribution is 5.60. The van der Waals surface area contributed by atoms with Gasteiger partial charge in [-0.05, 0) is 50.6 Å². The molecule has 0 atom stereocenters. The second kappa shape index (κ2) is 8.90. The van der Waals surface area contributed by atoms with Crippen LogP contribution in [0.15, 0.2) is 18.2 Å². The Bertz CT molecular complexity index is 414. The van der Waals surface area contributed by atoms with Crippen LogP contribution in [-0.2, 0) is 6.54 Å². The highest BCUT2D eigenvalue weighted by atomic mass is 16.5. The lowest BCUT2D eigenvalue weighted by molar-refractivity contribution is 0.340. The molecule has 118 valence electrons. The number of hydrogen-bond donors (Lipinski definition) is 2. The van der Waals surface area contributed by atoms with Crippen LogP contribution < -0.4 is 20.3 Å². The summed E-state index contributed by atoms with van der Waals surface area (Å²) in [4.78, 5) is 2.44. The average Bonchev–Trinajstić information content (AvgIpc) is 2.77. The van der Waals surface area contributed by atoms with E-state index >= 15 is 0 Å². The highest BCUT2D eigenvalue weighted by Gasteiger charge is 2.14. The summed E-state index contributed by atoms with van der Waals surface area (Å²) in [6.45, 7) is 11.2. The molecule has 21 heavy (non-hydrogen) atoms. The summed E-state index contributed by atoms with van der Waals surface area (Å²) >= 11 is 0. The van der Waals surface area contributed by atoms with E-state index in [-0.39, 0.29) is 0 Å². The van der Waals surface area contributed by atoms with Crippen molar-refractivity contribution < 1.29 is 4.74 Å². The molecule has 1 aliphatic heterocycles. The fourth-order valence-corrected chi connectivity index (χ4v) is 2.70. The molecular weight excluding hydrogens is 262 g/mol. The van der Waals surface area contributed by atoms with E-state index < -0.39 is 0 Å². The maximum Gasteiger partial charge on any atom is 0.142 e. The predicted molar refractivity (Wildman–Crippen MR) is 89.3 cm³/mol. The molecule has 0 aliphatic carbocycles. The normalized spacial score (nSPS) is 15.8. The molecule has 1 aromatic carbocycles. The highest BCUT2D eigenvalue weighted by Crippen LogP contribution is 2.30. The smallest absolute Gasteiger partial charge is 0.142 e. The van der Waals surface area contributed by atoms with E-state index in [0.29, 0.717) is 6.61 Å². The van der Waals surface area contributed by atoms with Gasteiger partial charge in [0.1, 0.15) is 5.75 Å². The number of rotatable bonds is 7. The van der Waals surface area contributed by atoms with Crippen molar-refractivity contribution in [3.63, 3.8) is 0 Å². The fraction of sp³-hybridized carbons (Fsp3) is 0.647. The number of nitrogens with zero attached hydrogens (tertiary/aromatic N) is 1. The van der Waals surface area contributed by atoms with Crippen LogP contribution in [0.25, 0.3) is 0 Å². The Morgan fingerprint density at radius 1 is 1.24 bits per heavy atom. The largest absolute Gasteiger partial charge is 0.492 e. The van der Waals surface area contributed by atoms with Crippen LogP contribution >= 0.6 is 0 Å². The van der Waals surface area contributed by atoms with E-state index in [1.807, 2.05) is 0 Å². The Kier molecular flexibility index (Phi) is 6.83. The van der Waals surface area contributed by atoms with Crippen molar-refractivity contribution in [1.82, 2.24) is 10.6 Å². The summed E-state index contributed by atoms with van der Waals surface area (Å²) in [5, 5.41) is 6.90. The quantitative estimate of drug-likeness (QED) is 0.756. The first-order valence-corrected chi connectivity index (χ1v) is 8.27. The zero-order chi connectivity index (χ0) is 14.9. The monoisotopic (exact) mass is 291 g/mol. The summed E-state index contributed by atoms with van der Waals surface area (Å²) in [7, 11) is 0. The van der Waals surface area contributed by atoms with Gasteiger partial charge in [-0.25, -0.2) is 0 Å². The van der Waals surface area contributed by atoms with Crippen LogP contribution in [0, 0.1) is 0 Å². The van der Waals surface area contributed by atoms with E-state index in [4.69, 9.17) is 4.74 Å². The van der Waals surface area contributed by atoms with Gasteiger partial charge >= 0.3 is 0 Å². The molecule has 0 radical (unpaired) electrons. The number of anilines is 1. The minimum atomic E-state index is 0.713. The number of ether oxygens (including phenoxy) is 1. The van der Waals surface area contributed by atoms with Gasteiger partial charge < -0.3 is 20.3 Å². The Morgan fingerprint density at radius 3 is 2.95 bits per heavy atom. The molecule has 1 aromatic rings. The first kappa shape index (κ1) is 16.1. The number of nitrogens with one attached hydrogen (secondary N) is 2. The standard InChI is InChI=1S/C17H29N3O/c1-3-8-19-14-15-6-7-16(17(13-15)21-4-2)20-11-5-9-18-10-12-20/h6-7,13,18-19H,3-5,8-12,14H2,1-2H3. The second-order valence-corrected chi connectivity index (χ2v) is 5.50. The molecule has 1 saturated heterocycles. The molecule has 1 aliphatic rings. The van der Waals surface area contributed by atoms with Gasteiger partial charge in [-0.1, -0.05) is 13.0 Å². The van der Waals surface area contributed by atoms with Gasteiger partial charge in [0, 0.05) is 26.2 Å². The maximum absolute atomic E-state index is 5.89. The van der Waals surface area contributed by atoms with E-state index in [2.05, 4.69) is 47.6 Å². The minimum absolute atomic E-state index is 0.713. The Labute approximate surface area is 128 Å². The number of hydrogen-bond acceptors (Lipinski definition) is 4. The summed E-state index contributed by atoms with van der Waals surface area (Å²) in [5.41, 5.74) is 2.53. The lowest BCUT2D eigenvalue weighted by Gasteiger charge is -2.25. The summed E-state index contributed by atoms with van der Waals surface area (Å²) < 4.78 is 5.89. The molecule has 1 fully saturated rings. The first-order valence-electron chi connectivity index (χ1n) is 8.27. The lowest BCUT2D eigenvalue weighted by Crippen LogP contribution is -2.28. The number of benzene rings is 1. The van der Waals surface area contributed by atoms with Crippen LogP contribution in [0.2, 0.25) is 0 Å². The third kappa shape index (κ3) is 4.90. The van der Waals surface area contributed by atoms with Crippen LogP contribution in [-0.4, -0.2) is 39.3 Å². The Balaban J connectivity index is 2.11. The van der Waals surface area contributed by atoms with Crippen molar-refractivity contribution in [2.24, 2.45) is 0 Å². The lowest BCUT2D eigenvalue weighted by atomic mass is 10.1. The van der Waals surface area contributed by atoms with E-state index in [1.165, 1.54) is 17.7 Å². The van der Waals surface area contributed by atoms with Gasteiger partial charge in [0.2, 0.25) is 0 Å². The van der Waals surface area contributed by atoms with E-state index in [0.717, 1.165) is 51.4 Å². The van der Waals surface area contributed by atoms with Crippen molar-refractivity contribution in [2.75, 3.05) is 44.2 Å². The zero-order valence-corrected chi connectivity index (χ0v) is 13.5. The van der Waals surface area contributed by atoms with Crippen LogP contribution in [0.1, 0.15) is 32.3 Å². The van der Waals surface area contributed by atoms with Gasteiger partial charge in [-0.15, -0.1) is 0 Å². The molecule has 0 saturated carbocycles. The summed E-state index contributed by atoms with van der Waals surface area (Å²) in [6, 6.07) is 6.64. The average molecular weight is 291 g/mol. The zero-order valence-electron chi connectivity index (χ0n) is 13.5. The van der Waals surface area contributed by atoms with Gasteiger partial charge in [-0.3, -0.25) is 0 Å². The topological polar surface area (TPSA) is 36.5 Å². The van der Waals surface area contributed by atoms with Crippen molar-refractivity contribution in [3.8, 4) is 5.75 Å². The molecule has 4 nitrogen and oxygen atoms in total. The predicted octanol–water partition coefficient (Wildman–Crippen LogP) is 2.38. The fourth-order valence-electron chi connectivity index (χ4n) is 2.70. The first-order chi connectivity index (χ1) is 10.3. The molecule has 2 N–H and O–H groups in total. The van der Waals surface area contributed by atoms with Crippen molar-refractivity contribution in [3.05, 3.63) is 23.8 Å². The molecule has 0 amide bonds. The van der Waals surface area contributed by atoms with Crippen LogP contribution in [0.5, 0.6) is 5.75 Å². The van der Waals surface area contributed by atoms with Gasteiger partial charge in [0.15, 0.2) is 0 Å². The molecule has 0 unspecified atom stereocenters. The third-order valence-electron chi connectivity index (χ3n) is 3.76. The molecule has 2 rings (SSSR count). The summed E-state index contributed by atoms with van der Waals surface area (Å²) in [6.07, 6.45) is 2.35. The van der Waals surface area contributed by atoms with Crippen molar-refractivity contribution in [1.29, 1.82) is 0 Å². The van der Waals surface area contributed by atoms with Crippen molar-refractivity contribution >= 4 is 5.69 Å². The maximum atomic E-state index is 5.89. The summed E-state index contributed by atoms with van der Waals surface area (Å²) in [5.74, 6) is 1.02. The van der Waals surface area contributed by atoms with Crippen LogP contribution in [0.4, 0.5) is 5.69 Å². The van der Waals surface area contributed by atoms with Crippen molar-refractivity contribution in [2.45, 2.75) is 33.2 Å².